The maximum Gasteiger partial charge on any atom is 0.238 e. The lowest BCUT2D eigenvalue weighted by Gasteiger charge is -1.81. The molecule has 0 saturated carbocycles. The number of carbonyl (C=O) groups is 1. The van der Waals surface area contributed by atoms with Gasteiger partial charge in [0.15, 0.2) is 5.76 Å². The van der Waals surface area contributed by atoms with E-state index in [2.05, 4.69) is 4.42 Å². The molecule has 0 aliphatic heterocycles. The van der Waals surface area contributed by atoms with E-state index in [4.69, 9.17) is 5.41 Å². The summed E-state index contributed by atoms with van der Waals surface area (Å²) in [6.07, 6.45) is 2.12. The second-order valence-corrected chi connectivity index (χ2v) is 1.49. The molecule has 0 bridgehead atoms. The minimum atomic E-state index is -0.403. The Morgan fingerprint density at radius 2 is 2.56 bits per heavy atom. The zero-order valence-electron chi connectivity index (χ0n) is 4.63. The zero-order chi connectivity index (χ0) is 6.69. The molecule has 0 aromatic carbocycles. The largest absolute Gasteiger partial charge is 0.461 e. The summed E-state index contributed by atoms with van der Waals surface area (Å²) in [6.45, 7) is 0. The summed E-state index contributed by atoms with van der Waals surface area (Å²) in [5.74, 6) is -0.190. The van der Waals surface area contributed by atoms with Crippen molar-refractivity contribution in [3.05, 3.63) is 24.2 Å². The Morgan fingerprint density at radius 3 is 3.00 bits per heavy atom. The molecule has 0 spiro atoms. The second kappa shape index (κ2) is 2.26. The number of ketones is 1. The average molecular weight is 123 g/mol. The molecule has 3 nitrogen and oxygen atoms in total. The number of hydrogen-bond acceptors (Lipinski definition) is 3. The van der Waals surface area contributed by atoms with E-state index in [1.54, 1.807) is 6.07 Å². The fourth-order valence-corrected chi connectivity index (χ4v) is 0.490. The molecule has 0 atom stereocenters. The molecule has 1 aromatic rings. The third kappa shape index (κ3) is 1.05. The highest BCUT2D eigenvalue weighted by Gasteiger charge is 2.01. The molecule has 1 heterocycles. The van der Waals surface area contributed by atoms with Gasteiger partial charge < -0.3 is 9.83 Å². The van der Waals surface area contributed by atoms with Crippen LogP contribution < -0.4 is 0 Å². The van der Waals surface area contributed by atoms with Gasteiger partial charge >= 0.3 is 0 Å². The van der Waals surface area contributed by atoms with Crippen molar-refractivity contribution in [2.75, 3.05) is 0 Å². The molecule has 0 aliphatic rings. The van der Waals surface area contributed by atoms with Crippen molar-refractivity contribution in [3.63, 3.8) is 0 Å². The van der Waals surface area contributed by atoms with Crippen LogP contribution in [0, 0.1) is 5.41 Å². The van der Waals surface area contributed by atoms with E-state index in [1.165, 1.54) is 12.3 Å². The smallest absolute Gasteiger partial charge is 0.238 e. The number of Topliss-reactive ketones (excluding diaryl/α,β-unsaturated/α-hetero) is 1. The molecule has 46 valence electrons. The molecule has 1 aromatic heterocycles. The van der Waals surface area contributed by atoms with Gasteiger partial charge in [-0.2, -0.15) is 0 Å². The zero-order valence-corrected chi connectivity index (χ0v) is 4.63. The van der Waals surface area contributed by atoms with Crippen LogP contribution in [0.1, 0.15) is 10.6 Å². The standard InChI is InChI=1S/C6H5NO2/c7-4-5(8)6-2-1-3-9-6/h1-4,7H. The van der Waals surface area contributed by atoms with Crippen molar-refractivity contribution >= 4 is 12.0 Å². The molecule has 0 radical (unpaired) electrons. The monoisotopic (exact) mass is 123 g/mol. The third-order valence-electron chi connectivity index (χ3n) is 0.895. The summed E-state index contributed by atoms with van der Waals surface area (Å²) >= 11 is 0. The molecular formula is C6H5NO2. The molecule has 0 aliphatic carbocycles. The van der Waals surface area contributed by atoms with Crippen molar-refractivity contribution in [1.29, 1.82) is 5.41 Å². The Bertz CT molecular complexity index is 213. The first-order valence-electron chi connectivity index (χ1n) is 2.43. The van der Waals surface area contributed by atoms with Gasteiger partial charge in [-0.1, -0.05) is 0 Å². The highest BCUT2D eigenvalue weighted by atomic mass is 16.3. The maximum absolute atomic E-state index is 10.5. The van der Waals surface area contributed by atoms with Gasteiger partial charge in [-0.25, -0.2) is 0 Å². The number of rotatable bonds is 2. The van der Waals surface area contributed by atoms with Crippen molar-refractivity contribution in [2.24, 2.45) is 0 Å². The topological polar surface area (TPSA) is 54.1 Å². The van der Waals surface area contributed by atoms with E-state index in [1.807, 2.05) is 0 Å². The van der Waals surface area contributed by atoms with E-state index in [0.29, 0.717) is 0 Å². The van der Waals surface area contributed by atoms with Gasteiger partial charge in [-0.3, -0.25) is 4.79 Å². The Hall–Kier alpha value is -1.38. The Morgan fingerprint density at radius 1 is 1.78 bits per heavy atom. The maximum atomic E-state index is 10.5. The van der Waals surface area contributed by atoms with Gasteiger partial charge in [0.05, 0.1) is 12.5 Å². The van der Waals surface area contributed by atoms with Crippen molar-refractivity contribution < 1.29 is 9.21 Å². The van der Waals surface area contributed by atoms with Crippen molar-refractivity contribution in [3.8, 4) is 0 Å². The van der Waals surface area contributed by atoms with Crippen molar-refractivity contribution in [1.82, 2.24) is 0 Å². The van der Waals surface area contributed by atoms with Crippen LogP contribution in [0.25, 0.3) is 0 Å². The Labute approximate surface area is 51.8 Å². The second-order valence-electron chi connectivity index (χ2n) is 1.49. The molecule has 1 N–H and O–H groups in total. The lowest BCUT2D eigenvalue weighted by atomic mass is 10.3. The summed E-state index contributed by atoms with van der Waals surface area (Å²) in [7, 11) is 0. The van der Waals surface area contributed by atoms with E-state index in [-0.39, 0.29) is 5.76 Å². The molecule has 0 amide bonds. The van der Waals surface area contributed by atoms with E-state index in [0.717, 1.165) is 6.21 Å². The number of nitrogens with one attached hydrogen (secondary N) is 1. The molecule has 0 saturated heterocycles. The van der Waals surface area contributed by atoms with E-state index in [9.17, 15) is 4.79 Å². The van der Waals surface area contributed by atoms with Gasteiger partial charge in [-0.05, 0) is 12.1 Å². The molecule has 9 heavy (non-hydrogen) atoms. The quantitative estimate of drug-likeness (QED) is 0.473. The van der Waals surface area contributed by atoms with E-state index < -0.39 is 5.78 Å². The minimum Gasteiger partial charge on any atom is -0.461 e. The van der Waals surface area contributed by atoms with Gasteiger partial charge in [0.2, 0.25) is 5.78 Å². The fourth-order valence-electron chi connectivity index (χ4n) is 0.490. The highest BCUT2D eigenvalue weighted by molar-refractivity contribution is 6.33. The molecule has 0 unspecified atom stereocenters. The van der Waals surface area contributed by atoms with Crippen LogP contribution in [0.4, 0.5) is 0 Å². The first-order chi connectivity index (χ1) is 4.34. The average Bonchev–Trinajstić information content (AvgIpc) is 2.37. The third-order valence-corrected chi connectivity index (χ3v) is 0.895. The van der Waals surface area contributed by atoms with Gasteiger partial charge in [0.1, 0.15) is 0 Å². The normalized spacial score (nSPS) is 8.89. The number of furan rings is 1. The minimum absolute atomic E-state index is 0.213. The lowest BCUT2D eigenvalue weighted by Crippen LogP contribution is -1.95. The van der Waals surface area contributed by atoms with Gasteiger partial charge in [-0.15, -0.1) is 0 Å². The van der Waals surface area contributed by atoms with Crippen LogP contribution in [0.3, 0.4) is 0 Å². The van der Waals surface area contributed by atoms with E-state index >= 15 is 0 Å². The van der Waals surface area contributed by atoms with Crippen LogP contribution in [-0.2, 0) is 0 Å². The lowest BCUT2D eigenvalue weighted by molar-refractivity contribution is 0.104. The first-order valence-corrected chi connectivity index (χ1v) is 2.43. The van der Waals surface area contributed by atoms with Crippen LogP contribution in [-0.4, -0.2) is 12.0 Å². The number of hydrogen-bond donors (Lipinski definition) is 1. The summed E-state index contributed by atoms with van der Waals surface area (Å²) < 4.78 is 4.69. The molecular weight excluding hydrogens is 118 g/mol. The van der Waals surface area contributed by atoms with Crippen molar-refractivity contribution in [2.45, 2.75) is 0 Å². The van der Waals surface area contributed by atoms with Crippen LogP contribution in [0.5, 0.6) is 0 Å². The molecule has 3 heteroatoms. The summed E-state index contributed by atoms with van der Waals surface area (Å²) in [5, 5.41) is 6.55. The number of carbonyl (C=O) groups excluding carboxylic acids is 1. The van der Waals surface area contributed by atoms with Crippen LogP contribution in [0.2, 0.25) is 0 Å². The highest BCUT2D eigenvalue weighted by Crippen LogP contribution is 1.98. The first kappa shape index (κ1) is 5.75. The van der Waals surface area contributed by atoms with Gasteiger partial charge in [0, 0.05) is 0 Å². The predicted molar refractivity (Wildman–Crippen MR) is 31.8 cm³/mol. The van der Waals surface area contributed by atoms with Gasteiger partial charge in [0.25, 0.3) is 0 Å². The molecule has 0 fully saturated rings. The summed E-state index contributed by atoms with van der Waals surface area (Å²) in [4.78, 5) is 10.5. The Kier molecular flexibility index (Phi) is 1.44. The SMILES string of the molecule is N=CC(=O)c1ccco1. The molecule has 1 rings (SSSR count). The Balaban J connectivity index is 2.89. The summed E-state index contributed by atoms with van der Waals surface area (Å²) in [6, 6.07) is 3.13. The van der Waals surface area contributed by atoms with Crippen LogP contribution >= 0.6 is 0 Å². The summed E-state index contributed by atoms with van der Waals surface area (Å²) in [5.41, 5.74) is 0. The van der Waals surface area contributed by atoms with Crippen LogP contribution in [0.15, 0.2) is 22.8 Å². The predicted octanol–water partition coefficient (Wildman–Crippen LogP) is 1.11. The fraction of sp³-hybridized carbons (Fsp3) is 0.